The predicted molar refractivity (Wildman–Crippen MR) is 110 cm³/mol. The van der Waals surface area contributed by atoms with Gasteiger partial charge in [0.1, 0.15) is 0 Å². The minimum Gasteiger partial charge on any atom is -0.355 e. The maximum absolute atomic E-state index is 4.26. The lowest BCUT2D eigenvalue weighted by Crippen LogP contribution is -2.47. The molecule has 6 heteroatoms. The topological polar surface area (TPSA) is 51.7 Å². The Morgan fingerprint density at radius 3 is 1.86 bits per heavy atom. The highest BCUT2D eigenvalue weighted by Crippen LogP contribution is 2.03. The second-order valence-electron chi connectivity index (χ2n) is 7.03. The summed E-state index contributed by atoms with van der Waals surface area (Å²) < 4.78 is 0. The third-order valence-corrected chi connectivity index (χ3v) is 3.29. The Morgan fingerprint density at radius 1 is 0.955 bits per heavy atom. The number of nitrogens with zero attached hydrogens (tertiary/aromatic N) is 2. The second-order valence-corrected chi connectivity index (χ2v) is 7.03. The van der Waals surface area contributed by atoms with Crippen molar-refractivity contribution >= 4 is 29.9 Å². The SMILES string of the molecule is CN=C(NCCNC(C)(C)C)NCCN(C(C)C)C(C)C.I. The molecule has 5 nitrogen and oxygen atoms in total. The Labute approximate surface area is 155 Å². The van der Waals surface area contributed by atoms with Gasteiger partial charge in [0.05, 0.1) is 0 Å². The Morgan fingerprint density at radius 2 is 1.45 bits per heavy atom. The summed E-state index contributed by atoms with van der Waals surface area (Å²) in [5.41, 5.74) is 0.160. The van der Waals surface area contributed by atoms with Crippen LogP contribution in [0.5, 0.6) is 0 Å². The van der Waals surface area contributed by atoms with Gasteiger partial charge in [-0.3, -0.25) is 9.89 Å². The summed E-state index contributed by atoms with van der Waals surface area (Å²) in [4.78, 5) is 6.73. The molecule has 0 amide bonds. The molecule has 0 aromatic heterocycles. The number of hydrogen-bond donors (Lipinski definition) is 3. The van der Waals surface area contributed by atoms with Crippen molar-refractivity contribution in [3.63, 3.8) is 0 Å². The zero-order valence-corrected chi connectivity index (χ0v) is 18.1. The largest absolute Gasteiger partial charge is 0.355 e. The molecule has 0 saturated heterocycles. The quantitative estimate of drug-likeness (QED) is 0.241. The van der Waals surface area contributed by atoms with Crippen molar-refractivity contribution in [2.24, 2.45) is 4.99 Å². The summed E-state index contributed by atoms with van der Waals surface area (Å²) in [5, 5.41) is 10.2. The predicted octanol–water partition coefficient (Wildman–Crippen LogP) is 2.28. The number of hydrogen-bond acceptors (Lipinski definition) is 3. The van der Waals surface area contributed by atoms with E-state index in [1.54, 1.807) is 0 Å². The van der Waals surface area contributed by atoms with Crippen LogP contribution in [-0.2, 0) is 0 Å². The van der Waals surface area contributed by atoms with E-state index >= 15 is 0 Å². The number of aliphatic imine (C=N–C) groups is 1. The first kappa shape index (κ1) is 24.2. The van der Waals surface area contributed by atoms with Gasteiger partial charge in [0, 0.05) is 50.8 Å². The van der Waals surface area contributed by atoms with Gasteiger partial charge < -0.3 is 16.0 Å². The summed E-state index contributed by atoms with van der Waals surface area (Å²) >= 11 is 0. The highest BCUT2D eigenvalue weighted by molar-refractivity contribution is 14.0. The van der Waals surface area contributed by atoms with E-state index < -0.39 is 0 Å². The van der Waals surface area contributed by atoms with Crippen LogP contribution in [0.3, 0.4) is 0 Å². The van der Waals surface area contributed by atoms with Crippen LogP contribution in [0.1, 0.15) is 48.5 Å². The molecule has 0 unspecified atom stereocenters. The van der Waals surface area contributed by atoms with Crippen molar-refractivity contribution < 1.29 is 0 Å². The van der Waals surface area contributed by atoms with Crippen LogP contribution in [0, 0.1) is 0 Å². The van der Waals surface area contributed by atoms with Crippen molar-refractivity contribution in [2.45, 2.75) is 66.1 Å². The lowest BCUT2D eigenvalue weighted by atomic mass is 10.1. The van der Waals surface area contributed by atoms with E-state index in [9.17, 15) is 0 Å². The number of guanidine groups is 1. The van der Waals surface area contributed by atoms with E-state index in [2.05, 4.69) is 74.3 Å². The number of rotatable bonds is 8. The Hall–Kier alpha value is -0.0800. The second kappa shape index (κ2) is 12.4. The van der Waals surface area contributed by atoms with E-state index in [0.717, 1.165) is 32.1 Å². The van der Waals surface area contributed by atoms with Crippen LogP contribution in [0.25, 0.3) is 0 Å². The molecule has 0 aliphatic heterocycles. The standard InChI is InChI=1S/C16H37N5.HI/c1-13(2)21(14(3)4)12-11-19-15(17-8)18-9-10-20-16(5,6)7;/h13-14,20H,9-12H2,1-8H3,(H2,17,18,19);1H. The first-order valence-electron chi connectivity index (χ1n) is 8.12. The number of nitrogens with one attached hydrogen (secondary N) is 3. The van der Waals surface area contributed by atoms with Crippen LogP contribution in [-0.4, -0.2) is 61.7 Å². The molecular weight excluding hydrogens is 389 g/mol. The zero-order chi connectivity index (χ0) is 16.5. The molecule has 0 aromatic carbocycles. The monoisotopic (exact) mass is 427 g/mol. The fourth-order valence-corrected chi connectivity index (χ4v) is 2.26. The van der Waals surface area contributed by atoms with E-state index in [1.165, 1.54) is 0 Å². The molecule has 0 rings (SSSR count). The fraction of sp³-hybridized carbons (Fsp3) is 0.938. The minimum absolute atomic E-state index is 0. The van der Waals surface area contributed by atoms with Gasteiger partial charge in [0.25, 0.3) is 0 Å². The molecule has 0 heterocycles. The molecule has 0 saturated carbocycles. The molecule has 0 aliphatic carbocycles. The van der Waals surface area contributed by atoms with Gasteiger partial charge in [-0.15, -0.1) is 24.0 Å². The van der Waals surface area contributed by atoms with Crippen LogP contribution in [0.2, 0.25) is 0 Å². The highest BCUT2D eigenvalue weighted by atomic mass is 127. The van der Waals surface area contributed by atoms with Gasteiger partial charge in [0.15, 0.2) is 5.96 Å². The summed E-state index contributed by atoms with van der Waals surface area (Å²) in [6.07, 6.45) is 0. The maximum Gasteiger partial charge on any atom is 0.191 e. The lowest BCUT2D eigenvalue weighted by Gasteiger charge is -2.30. The zero-order valence-electron chi connectivity index (χ0n) is 15.8. The van der Waals surface area contributed by atoms with Gasteiger partial charge in [0.2, 0.25) is 0 Å². The number of halogens is 1. The van der Waals surface area contributed by atoms with Crippen molar-refractivity contribution in [1.29, 1.82) is 0 Å². The van der Waals surface area contributed by atoms with E-state index in [0.29, 0.717) is 12.1 Å². The average molecular weight is 427 g/mol. The third-order valence-electron chi connectivity index (χ3n) is 3.29. The molecule has 0 fully saturated rings. The van der Waals surface area contributed by atoms with Crippen molar-refractivity contribution in [1.82, 2.24) is 20.9 Å². The van der Waals surface area contributed by atoms with Gasteiger partial charge in [-0.2, -0.15) is 0 Å². The van der Waals surface area contributed by atoms with Gasteiger partial charge in [-0.25, -0.2) is 0 Å². The first-order chi connectivity index (χ1) is 9.67. The molecule has 0 aliphatic rings. The smallest absolute Gasteiger partial charge is 0.191 e. The summed E-state index contributed by atoms with van der Waals surface area (Å²) in [6, 6.07) is 1.13. The van der Waals surface area contributed by atoms with Crippen LogP contribution in [0.4, 0.5) is 0 Å². The Balaban J connectivity index is 0. The van der Waals surface area contributed by atoms with Crippen molar-refractivity contribution in [3.05, 3.63) is 0 Å². The molecule has 0 aromatic rings. The van der Waals surface area contributed by atoms with Gasteiger partial charge >= 0.3 is 0 Å². The molecule has 0 bridgehead atoms. The van der Waals surface area contributed by atoms with Gasteiger partial charge in [-0.05, 0) is 48.5 Å². The maximum atomic E-state index is 4.26. The van der Waals surface area contributed by atoms with E-state index in [1.807, 2.05) is 7.05 Å². The normalized spacial score (nSPS) is 12.8. The first-order valence-corrected chi connectivity index (χ1v) is 8.12. The minimum atomic E-state index is 0. The molecule has 22 heavy (non-hydrogen) atoms. The lowest BCUT2D eigenvalue weighted by molar-refractivity contribution is 0.178. The molecule has 0 radical (unpaired) electrons. The average Bonchev–Trinajstić information content (AvgIpc) is 2.34. The van der Waals surface area contributed by atoms with Crippen LogP contribution < -0.4 is 16.0 Å². The fourth-order valence-electron chi connectivity index (χ4n) is 2.26. The van der Waals surface area contributed by atoms with Crippen molar-refractivity contribution in [3.8, 4) is 0 Å². The van der Waals surface area contributed by atoms with E-state index in [4.69, 9.17) is 0 Å². The Kier molecular flexibility index (Phi) is 13.6. The summed E-state index contributed by atoms with van der Waals surface area (Å²) in [6.45, 7) is 19.2. The summed E-state index contributed by atoms with van der Waals surface area (Å²) in [7, 11) is 1.81. The van der Waals surface area contributed by atoms with Gasteiger partial charge in [-0.1, -0.05) is 0 Å². The van der Waals surface area contributed by atoms with E-state index in [-0.39, 0.29) is 29.5 Å². The molecule has 0 atom stereocenters. The van der Waals surface area contributed by atoms with Crippen LogP contribution in [0.15, 0.2) is 4.99 Å². The van der Waals surface area contributed by atoms with Crippen LogP contribution >= 0.6 is 24.0 Å². The highest BCUT2D eigenvalue weighted by Gasteiger charge is 2.12. The molecule has 3 N–H and O–H groups in total. The molecule has 134 valence electrons. The Bertz CT molecular complexity index is 289. The third kappa shape index (κ3) is 12.5. The molecule has 0 spiro atoms. The van der Waals surface area contributed by atoms with Crippen molar-refractivity contribution in [2.75, 3.05) is 33.2 Å². The summed E-state index contributed by atoms with van der Waals surface area (Å²) in [5.74, 6) is 0.873. The molecular formula is C16H38IN5.